The molecule has 0 radical (unpaired) electrons. The average Bonchev–Trinajstić information content (AvgIpc) is 2.25. The largest absolute Gasteiger partial charge is 0.481 e. The molecule has 0 aliphatic rings. The smallest absolute Gasteiger partial charge is 0.305 e. The van der Waals surface area contributed by atoms with Gasteiger partial charge in [-0.15, -0.1) is 0 Å². The fourth-order valence-electron chi connectivity index (χ4n) is 1.34. The fourth-order valence-corrected chi connectivity index (χ4v) is 1.34. The van der Waals surface area contributed by atoms with Crippen molar-refractivity contribution in [2.24, 2.45) is 0 Å². The number of hydrogen-bond donors (Lipinski definition) is 2. The maximum absolute atomic E-state index is 11.3. The van der Waals surface area contributed by atoms with Gasteiger partial charge in [-0.05, 0) is 6.42 Å². The number of amides is 1. The number of unbranched alkanes of at least 4 members (excludes halogenated alkanes) is 4. The molecule has 0 saturated carbocycles. The quantitative estimate of drug-likeness (QED) is 0.361. The van der Waals surface area contributed by atoms with Gasteiger partial charge in [0.1, 0.15) is 0 Å². The molecular weight excluding hydrogens is 210 g/mol. The fraction of sp³-hybridized carbons (Fsp3) is 0.818. The highest BCUT2D eigenvalue weighted by Gasteiger charge is 2.11. The van der Waals surface area contributed by atoms with Gasteiger partial charge in [-0.2, -0.15) is 0 Å². The number of carboxylic acid groups (broad SMARTS) is 1. The van der Waals surface area contributed by atoms with Crippen LogP contribution in [0.4, 0.5) is 0 Å². The highest BCUT2D eigenvalue weighted by Crippen LogP contribution is 2.06. The lowest BCUT2D eigenvalue weighted by Crippen LogP contribution is -2.29. The maximum Gasteiger partial charge on any atom is 0.305 e. The van der Waals surface area contributed by atoms with Crippen molar-refractivity contribution in [2.45, 2.75) is 51.9 Å². The number of hydroxylamine groups is 2. The van der Waals surface area contributed by atoms with Crippen molar-refractivity contribution in [3.8, 4) is 0 Å². The lowest BCUT2D eigenvalue weighted by atomic mass is 10.1. The van der Waals surface area contributed by atoms with Crippen molar-refractivity contribution < 1.29 is 19.9 Å². The monoisotopic (exact) mass is 231 g/mol. The van der Waals surface area contributed by atoms with E-state index >= 15 is 0 Å². The zero-order chi connectivity index (χ0) is 12.4. The summed E-state index contributed by atoms with van der Waals surface area (Å²) in [6.45, 7) is 1.98. The molecule has 94 valence electrons. The van der Waals surface area contributed by atoms with Crippen molar-refractivity contribution in [3.63, 3.8) is 0 Å². The number of carbonyl (C=O) groups excluding carboxylic acids is 1. The van der Waals surface area contributed by atoms with Crippen LogP contribution in [0.2, 0.25) is 0 Å². The summed E-state index contributed by atoms with van der Waals surface area (Å²) in [7, 11) is 0. The van der Waals surface area contributed by atoms with Crippen molar-refractivity contribution in [1.29, 1.82) is 0 Å². The van der Waals surface area contributed by atoms with Gasteiger partial charge in [0, 0.05) is 6.42 Å². The van der Waals surface area contributed by atoms with Crippen molar-refractivity contribution in [2.75, 3.05) is 6.54 Å². The van der Waals surface area contributed by atoms with Crippen molar-refractivity contribution in [1.82, 2.24) is 5.06 Å². The Hall–Kier alpha value is -1.10. The Bertz CT molecular complexity index is 218. The molecule has 2 N–H and O–H groups in total. The standard InChI is InChI=1S/C11H21NO4/c1-2-3-4-5-6-7-10(13)12(16)9-8-11(14)15/h16H,2-9H2,1H3,(H,14,15). The van der Waals surface area contributed by atoms with Gasteiger partial charge in [0.25, 0.3) is 0 Å². The lowest BCUT2D eigenvalue weighted by molar-refractivity contribution is -0.167. The van der Waals surface area contributed by atoms with E-state index in [2.05, 4.69) is 6.92 Å². The summed E-state index contributed by atoms with van der Waals surface area (Å²) in [5.74, 6) is -1.41. The van der Waals surface area contributed by atoms with Gasteiger partial charge in [0.15, 0.2) is 0 Å². The molecule has 0 rings (SSSR count). The molecule has 0 aromatic heterocycles. The summed E-state index contributed by atoms with van der Waals surface area (Å²) in [5, 5.41) is 18.1. The second kappa shape index (κ2) is 9.15. The topological polar surface area (TPSA) is 77.8 Å². The van der Waals surface area contributed by atoms with Crippen LogP contribution in [0.25, 0.3) is 0 Å². The Kier molecular flexibility index (Phi) is 8.52. The van der Waals surface area contributed by atoms with E-state index in [1.807, 2.05) is 0 Å². The van der Waals surface area contributed by atoms with Crippen LogP contribution in [0.15, 0.2) is 0 Å². The first-order chi connectivity index (χ1) is 7.57. The van der Waals surface area contributed by atoms with Gasteiger partial charge < -0.3 is 5.11 Å². The number of carbonyl (C=O) groups is 2. The predicted molar refractivity (Wildman–Crippen MR) is 59.1 cm³/mol. The average molecular weight is 231 g/mol. The Morgan fingerprint density at radius 1 is 1.06 bits per heavy atom. The van der Waals surface area contributed by atoms with Crippen LogP contribution in [0.3, 0.4) is 0 Å². The molecule has 0 aliphatic carbocycles. The molecule has 1 amide bonds. The highest BCUT2D eigenvalue weighted by molar-refractivity contribution is 5.75. The van der Waals surface area contributed by atoms with E-state index in [4.69, 9.17) is 5.11 Å². The normalized spacial score (nSPS) is 10.1. The molecular formula is C11H21NO4. The first-order valence-electron chi connectivity index (χ1n) is 5.79. The molecule has 0 saturated heterocycles. The molecule has 0 heterocycles. The summed E-state index contributed by atoms with van der Waals surface area (Å²) in [6, 6.07) is 0. The third-order valence-electron chi connectivity index (χ3n) is 2.32. The Morgan fingerprint density at radius 3 is 2.25 bits per heavy atom. The molecule has 0 aromatic carbocycles. The van der Waals surface area contributed by atoms with Crippen molar-refractivity contribution >= 4 is 11.9 Å². The minimum Gasteiger partial charge on any atom is -0.481 e. The molecule has 5 heteroatoms. The first-order valence-corrected chi connectivity index (χ1v) is 5.79. The summed E-state index contributed by atoms with van der Waals surface area (Å²) >= 11 is 0. The van der Waals surface area contributed by atoms with E-state index in [0.717, 1.165) is 32.1 Å². The summed E-state index contributed by atoms with van der Waals surface area (Å²) < 4.78 is 0. The minimum absolute atomic E-state index is 0.136. The van der Waals surface area contributed by atoms with E-state index < -0.39 is 11.9 Å². The van der Waals surface area contributed by atoms with E-state index in [0.29, 0.717) is 11.5 Å². The van der Waals surface area contributed by atoms with Gasteiger partial charge in [-0.3, -0.25) is 14.8 Å². The zero-order valence-electron chi connectivity index (χ0n) is 9.81. The maximum atomic E-state index is 11.3. The van der Waals surface area contributed by atoms with Crippen LogP contribution >= 0.6 is 0 Å². The summed E-state index contributed by atoms with van der Waals surface area (Å²) in [6.07, 6.45) is 5.21. The second-order valence-corrected chi connectivity index (χ2v) is 3.82. The van der Waals surface area contributed by atoms with Crippen LogP contribution in [-0.2, 0) is 9.59 Å². The Labute approximate surface area is 96.0 Å². The molecule has 0 atom stereocenters. The van der Waals surface area contributed by atoms with Crippen LogP contribution < -0.4 is 0 Å². The third kappa shape index (κ3) is 8.23. The molecule has 0 spiro atoms. The third-order valence-corrected chi connectivity index (χ3v) is 2.32. The van der Waals surface area contributed by atoms with Crippen LogP contribution in [0, 0.1) is 0 Å². The molecule has 0 unspecified atom stereocenters. The van der Waals surface area contributed by atoms with Gasteiger partial charge in [0.05, 0.1) is 13.0 Å². The molecule has 0 fully saturated rings. The number of rotatable bonds is 9. The molecule has 0 aromatic rings. The van der Waals surface area contributed by atoms with Crippen LogP contribution in [-0.4, -0.2) is 33.8 Å². The van der Waals surface area contributed by atoms with E-state index in [1.54, 1.807) is 0 Å². The Balaban J connectivity index is 3.51. The van der Waals surface area contributed by atoms with Gasteiger partial charge in [-0.25, -0.2) is 5.06 Å². The molecule has 0 aliphatic heterocycles. The Morgan fingerprint density at radius 2 is 1.69 bits per heavy atom. The zero-order valence-corrected chi connectivity index (χ0v) is 9.81. The van der Waals surface area contributed by atoms with E-state index in [-0.39, 0.29) is 13.0 Å². The first kappa shape index (κ1) is 14.9. The van der Waals surface area contributed by atoms with Gasteiger partial charge >= 0.3 is 5.97 Å². The van der Waals surface area contributed by atoms with Gasteiger partial charge in [-0.1, -0.05) is 32.6 Å². The highest BCUT2D eigenvalue weighted by atomic mass is 16.5. The summed E-state index contributed by atoms with van der Waals surface area (Å²) in [5.41, 5.74) is 0. The summed E-state index contributed by atoms with van der Waals surface area (Å²) in [4.78, 5) is 21.5. The van der Waals surface area contributed by atoms with Crippen molar-refractivity contribution in [3.05, 3.63) is 0 Å². The molecule has 5 nitrogen and oxygen atoms in total. The van der Waals surface area contributed by atoms with Gasteiger partial charge in [0.2, 0.25) is 5.91 Å². The number of hydrogen-bond acceptors (Lipinski definition) is 3. The lowest BCUT2D eigenvalue weighted by Gasteiger charge is -2.13. The number of nitrogens with zero attached hydrogens (tertiary/aromatic N) is 1. The predicted octanol–water partition coefficient (Wildman–Crippen LogP) is 2.04. The molecule has 16 heavy (non-hydrogen) atoms. The van der Waals surface area contributed by atoms with E-state index in [9.17, 15) is 14.8 Å². The van der Waals surface area contributed by atoms with Crippen LogP contribution in [0.1, 0.15) is 51.9 Å². The number of aliphatic carboxylic acids is 1. The van der Waals surface area contributed by atoms with Crippen LogP contribution in [0.5, 0.6) is 0 Å². The molecule has 0 bridgehead atoms. The minimum atomic E-state index is -1.02. The SMILES string of the molecule is CCCCCCCC(=O)N(O)CCC(=O)O. The van der Waals surface area contributed by atoms with E-state index in [1.165, 1.54) is 0 Å². The number of carboxylic acids is 1. The second-order valence-electron chi connectivity index (χ2n) is 3.82.